The Kier molecular flexibility index (Phi) is 3.54. The molecule has 0 amide bonds. The lowest BCUT2D eigenvalue weighted by Gasteiger charge is -2.01. The van der Waals surface area contributed by atoms with Crippen LogP contribution in [0.15, 0.2) is 30.5 Å². The minimum atomic E-state index is -1.03. The van der Waals surface area contributed by atoms with Gasteiger partial charge in [-0.05, 0) is 17.7 Å². The summed E-state index contributed by atoms with van der Waals surface area (Å²) in [4.78, 5) is 10.8. The summed E-state index contributed by atoms with van der Waals surface area (Å²) in [5, 5.41) is 9.41. The number of hydrogen-bond acceptors (Lipinski definition) is 2. The Morgan fingerprint density at radius 3 is 2.43 bits per heavy atom. The van der Waals surface area contributed by atoms with Crippen LogP contribution in [-0.2, 0) is 9.53 Å². The SMILES string of the molecule is CO/C=C(\C(=O)O)c1ccc(Cl)cc1. The molecule has 0 bridgehead atoms. The fraction of sp³-hybridized carbons (Fsp3) is 0.100. The Balaban J connectivity index is 3.06. The van der Waals surface area contributed by atoms with Crippen molar-refractivity contribution in [3.05, 3.63) is 41.1 Å². The summed E-state index contributed by atoms with van der Waals surface area (Å²) in [6.07, 6.45) is 1.19. The molecule has 0 aliphatic carbocycles. The van der Waals surface area contributed by atoms with Crippen LogP contribution in [0.5, 0.6) is 0 Å². The van der Waals surface area contributed by atoms with E-state index in [2.05, 4.69) is 4.74 Å². The average molecular weight is 213 g/mol. The van der Waals surface area contributed by atoms with Crippen LogP contribution >= 0.6 is 11.6 Å². The van der Waals surface area contributed by atoms with E-state index in [1.54, 1.807) is 24.3 Å². The molecule has 0 spiro atoms. The first-order valence-corrected chi connectivity index (χ1v) is 4.25. The smallest absolute Gasteiger partial charge is 0.339 e. The molecule has 0 fully saturated rings. The van der Waals surface area contributed by atoms with Gasteiger partial charge in [-0.15, -0.1) is 0 Å². The maximum Gasteiger partial charge on any atom is 0.339 e. The van der Waals surface area contributed by atoms with Gasteiger partial charge in [0.15, 0.2) is 0 Å². The second kappa shape index (κ2) is 4.67. The largest absolute Gasteiger partial charge is 0.503 e. The topological polar surface area (TPSA) is 46.5 Å². The summed E-state index contributed by atoms with van der Waals surface area (Å²) in [5.74, 6) is -1.03. The van der Waals surface area contributed by atoms with Gasteiger partial charge in [0.1, 0.15) is 5.57 Å². The maximum atomic E-state index is 10.8. The molecule has 14 heavy (non-hydrogen) atoms. The van der Waals surface area contributed by atoms with Gasteiger partial charge in [-0.2, -0.15) is 0 Å². The molecule has 0 saturated heterocycles. The highest BCUT2D eigenvalue weighted by Crippen LogP contribution is 2.17. The van der Waals surface area contributed by atoms with E-state index in [-0.39, 0.29) is 5.57 Å². The van der Waals surface area contributed by atoms with Gasteiger partial charge in [-0.3, -0.25) is 0 Å². The van der Waals surface area contributed by atoms with Crippen LogP contribution < -0.4 is 0 Å². The molecule has 3 nitrogen and oxygen atoms in total. The third-order valence-corrected chi connectivity index (χ3v) is 1.87. The van der Waals surface area contributed by atoms with Gasteiger partial charge in [-0.1, -0.05) is 23.7 Å². The van der Waals surface area contributed by atoms with Crippen LogP contribution in [0.25, 0.3) is 5.57 Å². The molecule has 0 aliphatic rings. The molecule has 4 heteroatoms. The molecule has 0 atom stereocenters. The highest BCUT2D eigenvalue weighted by molar-refractivity contribution is 6.30. The van der Waals surface area contributed by atoms with Crippen LogP contribution in [0.1, 0.15) is 5.56 Å². The van der Waals surface area contributed by atoms with Gasteiger partial charge in [0.05, 0.1) is 13.4 Å². The standard InChI is InChI=1S/C10H9ClO3/c1-14-6-9(10(12)13)7-2-4-8(11)5-3-7/h2-6H,1H3,(H,12,13)/b9-6-. The Labute approximate surface area is 86.6 Å². The monoisotopic (exact) mass is 212 g/mol. The molecule has 0 saturated carbocycles. The number of halogens is 1. The van der Waals surface area contributed by atoms with Crippen molar-refractivity contribution in [1.29, 1.82) is 0 Å². The molecule has 1 aromatic carbocycles. The molecular formula is C10H9ClO3. The van der Waals surface area contributed by atoms with E-state index in [9.17, 15) is 4.79 Å². The van der Waals surface area contributed by atoms with Crippen LogP contribution in [0.4, 0.5) is 0 Å². The summed E-state index contributed by atoms with van der Waals surface area (Å²) in [6, 6.07) is 6.51. The van der Waals surface area contributed by atoms with E-state index < -0.39 is 5.97 Å². The van der Waals surface area contributed by atoms with Crippen molar-refractivity contribution in [2.45, 2.75) is 0 Å². The van der Waals surface area contributed by atoms with Gasteiger partial charge >= 0.3 is 5.97 Å². The quantitative estimate of drug-likeness (QED) is 0.618. The molecule has 0 heterocycles. The number of carboxylic acids is 1. The highest BCUT2D eigenvalue weighted by atomic mass is 35.5. The first kappa shape index (κ1) is 10.6. The maximum absolute atomic E-state index is 10.8. The number of rotatable bonds is 3. The Morgan fingerprint density at radius 2 is 2.00 bits per heavy atom. The van der Waals surface area contributed by atoms with E-state index in [0.29, 0.717) is 10.6 Å². The van der Waals surface area contributed by atoms with Gasteiger partial charge in [0.25, 0.3) is 0 Å². The molecule has 1 aromatic rings. The summed E-state index contributed by atoms with van der Waals surface area (Å²) >= 11 is 5.67. The Hall–Kier alpha value is -1.48. The van der Waals surface area contributed by atoms with Gasteiger partial charge in [0.2, 0.25) is 0 Å². The van der Waals surface area contributed by atoms with Crippen molar-refractivity contribution in [3.63, 3.8) is 0 Å². The molecule has 0 radical (unpaired) electrons. The number of methoxy groups -OCH3 is 1. The molecule has 74 valence electrons. The number of carboxylic acid groups (broad SMARTS) is 1. The highest BCUT2D eigenvalue weighted by Gasteiger charge is 2.09. The predicted octanol–water partition coefficient (Wildman–Crippen LogP) is 2.41. The Bertz CT molecular complexity index is 354. The lowest BCUT2D eigenvalue weighted by atomic mass is 10.1. The van der Waals surface area contributed by atoms with Gasteiger partial charge < -0.3 is 9.84 Å². The number of ether oxygens (including phenoxy) is 1. The summed E-state index contributed by atoms with van der Waals surface area (Å²) in [5.41, 5.74) is 0.660. The van der Waals surface area contributed by atoms with Crippen LogP contribution in [-0.4, -0.2) is 18.2 Å². The molecule has 0 unspecified atom stereocenters. The van der Waals surface area contributed by atoms with Crippen molar-refractivity contribution < 1.29 is 14.6 Å². The zero-order valence-electron chi connectivity index (χ0n) is 7.53. The summed E-state index contributed by atoms with van der Waals surface area (Å²) < 4.78 is 4.67. The third kappa shape index (κ3) is 2.50. The molecule has 0 aromatic heterocycles. The van der Waals surface area contributed by atoms with Crippen molar-refractivity contribution in [2.24, 2.45) is 0 Å². The van der Waals surface area contributed by atoms with E-state index in [1.165, 1.54) is 13.4 Å². The minimum absolute atomic E-state index is 0.101. The third-order valence-electron chi connectivity index (χ3n) is 1.62. The van der Waals surface area contributed by atoms with E-state index in [4.69, 9.17) is 16.7 Å². The zero-order valence-corrected chi connectivity index (χ0v) is 8.28. The van der Waals surface area contributed by atoms with E-state index in [0.717, 1.165) is 0 Å². The number of aliphatic carboxylic acids is 1. The van der Waals surface area contributed by atoms with E-state index in [1.807, 2.05) is 0 Å². The number of hydrogen-bond donors (Lipinski definition) is 1. The fourth-order valence-electron chi connectivity index (χ4n) is 0.989. The number of carbonyl (C=O) groups is 1. The van der Waals surface area contributed by atoms with Crippen molar-refractivity contribution in [1.82, 2.24) is 0 Å². The molecule has 1 rings (SSSR count). The van der Waals surface area contributed by atoms with Crippen molar-refractivity contribution in [2.75, 3.05) is 7.11 Å². The lowest BCUT2D eigenvalue weighted by Crippen LogP contribution is -1.99. The van der Waals surface area contributed by atoms with Crippen LogP contribution in [0.2, 0.25) is 5.02 Å². The average Bonchev–Trinajstić information content (AvgIpc) is 2.15. The Morgan fingerprint density at radius 1 is 1.43 bits per heavy atom. The molecule has 1 N–H and O–H groups in total. The fourth-order valence-corrected chi connectivity index (χ4v) is 1.12. The molecule has 0 aliphatic heterocycles. The molecular weight excluding hydrogens is 204 g/mol. The van der Waals surface area contributed by atoms with Crippen molar-refractivity contribution >= 4 is 23.1 Å². The zero-order chi connectivity index (χ0) is 10.6. The predicted molar refractivity (Wildman–Crippen MR) is 54.1 cm³/mol. The first-order valence-electron chi connectivity index (χ1n) is 3.87. The van der Waals surface area contributed by atoms with Crippen LogP contribution in [0, 0.1) is 0 Å². The van der Waals surface area contributed by atoms with Gasteiger partial charge in [-0.25, -0.2) is 4.79 Å². The summed E-state index contributed by atoms with van der Waals surface area (Å²) in [6.45, 7) is 0. The van der Waals surface area contributed by atoms with E-state index >= 15 is 0 Å². The normalized spacial score (nSPS) is 11.1. The van der Waals surface area contributed by atoms with Crippen molar-refractivity contribution in [3.8, 4) is 0 Å². The second-order valence-electron chi connectivity index (χ2n) is 2.58. The van der Waals surface area contributed by atoms with Crippen LogP contribution in [0.3, 0.4) is 0 Å². The summed E-state index contributed by atoms with van der Waals surface area (Å²) in [7, 11) is 1.40. The lowest BCUT2D eigenvalue weighted by molar-refractivity contribution is -0.130. The number of benzene rings is 1. The minimum Gasteiger partial charge on any atom is -0.503 e. The second-order valence-corrected chi connectivity index (χ2v) is 3.02. The van der Waals surface area contributed by atoms with Gasteiger partial charge in [0, 0.05) is 5.02 Å². The first-order chi connectivity index (χ1) is 6.65.